The minimum Gasteiger partial charge on any atom is -0.388 e. The van der Waals surface area contributed by atoms with Crippen molar-refractivity contribution >= 4 is 178 Å². The van der Waals surface area contributed by atoms with Crippen LogP contribution in [0.3, 0.4) is 0 Å². The molecule has 0 N–H and O–H groups in total. The fourth-order valence-corrected chi connectivity index (χ4v) is 8.92. The first kappa shape index (κ1) is 83.5. The number of carbonyl (C=O) groups excluding carboxylic acids is 7. The van der Waals surface area contributed by atoms with Crippen LogP contribution in [0.1, 0.15) is 50.1 Å². The summed E-state index contributed by atoms with van der Waals surface area (Å²) in [5.74, 6) is 1.35. The number of rotatable bonds is 22. The van der Waals surface area contributed by atoms with Crippen LogP contribution in [0.2, 0.25) is 0 Å². The Balaban J connectivity index is 0.000000256. The van der Waals surface area contributed by atoms with E-state index in [0.29, 0.717) is 96.7 Å². The Morgan fingerprint density at radius 3 is 0.771 bits per heavy atom. The Bertz CT molecular complexity index is 5460. The molecule has 9 aromatic rings. The molecule has 536 valence electrons. The molecule has 0 bridgehead atoms. The average molecular weight is 1450 g/mol. The molecule has 0 spiro atoms. The van der Waals surface area contributed by atoms with Crippen LogP contribution in [0.4, 0.5) is 85.3 Å². The van der Waals surface area contributed by atoms with Crippen LogP contribution in [0.25, 0.3) is 0 Å². The van der Waals surface area contributed by atoms with Gasteiger partial charge in [0.2, 0.25) is 42.6 Å². The van der Waals surface area contributed by atoms with E-state index in [9.17, 15) is 33.6 Å². The summed E-state index contributed by atoms with van der Waals surface area (Å²) in [5.41, 5.74) is 16.5. The molecule has 0 aliphatic rings. The van der Waals surface area contributed by atoms with Crippen molar-refractivity contribution in [2.24, 2.45) is 74.9 Å². The largest absolute Gasteiger partial charge is 0.388 e. The lowest BCUT2D eigenvalue weighted by Crippen LogP contribution is -1.86. The summed E-state index contributed by atoms with van der Waals surface area (Å²) in [5, 5.41) is 25.6. The molecule has 0 saturated carbocycles. The minimum atomic E-state index is 0.402. The van der Waals surface area contributed by atoms with Gasteiger partial charge in [-0.05, 0) is 194 Å². The average Bonchev–Trinajstić information content (AvgIpc) is 0.870. The molecule has 0 atom stereocenters. The predicted octanol–water partition coefficient (Wildman–Crippen LogP) is 19.0. The molecule has 28 heteroatoms. The van der Waals surface area contributed by atoms with E-state index in [1.165, 1.54) is 42.5 Å². The van der Waals surface area contributed by atoms with Gasteiger partial charge in [0.25, 0.3) is 18.8 Å². The van der Waals surface area contributed by atoms with Crippen LogP contribution < -0.4 is 14.2 Å². The summed E-state index contributed by atoms with van der Waals surface area (Å²) in [6, 6.07) is 47.2. The first-order valence-electron chi connectivity index (χ1n) is 31.8. The highest BCUT2D eigenvalue weighted by molar-refractivity contribution is 6.19. The number of ether oxygens (including phenoxy) is 3. The van der Waals surface area contributed by atoms with E-state index in [-0.39, 0.29) is 0 Å². The third-order valence-corrected chi connectivity index (χ3v) is 14.7. The lowest BCUT2D eigenvalue weighted by molar-refractivity contribution is 0.503. The molecule has 0 aliphatic heterocycles. The second-order valence-corrected chi connectivity index (χ2v) is 21.7. The van der Waals surface area contributed by atoms with Crippen LogP contribution in [0.5, 0.6) is 17.2 Å². The van der Waals surface area contributed by atoms with Crippen molar-refractivity contribution in [2.45, 2.75) is 62.3 Å². The van der Waals surface area contributed by atoms with Crippen molar-refractivity contribution in [2.75, 3.05) is 0 Å². The van der Waals surface area contributed by atoms with Crippen molar-refractivity contribution in [3.8, 4) is 36.0 Å². The Morgan fingerprint density at radius 2 is 0.459 bits per heavy atom. The fourth-order valence-electron chi connectivity index (χ4n) is 8.92. The van der Waals surface area contributed by atoms with Crippen molar-refractivity contribution in [3.63, 3.8) is 0 Å². The molecule has 0 unspecified atom stereocenters. The quantitative estimate of drug-likeness (QED) is 0.0346. The zero-order valence-electron chi connectivity index (χ0n) is 59.8. The van der Waals surface area contributed by atoms with Gasteiger partial charge >= 0.3 is 0 Å². The first-order valence-corrected chi connectivity index (χ1v) is 31.8. The highest BCUT2D eigenvalue weighted by Gasteiger charge is 2.09. The van der Waals surface area contributed by atoms with Crippen molar-refractivity contribution in [1.82, 2.24) is 0 Å². The first-order chi connectivity index (χ1) is 52.9. The van der Waals surface area contributed by atoms with Gasteiger partial charge in [-0.1, -0.05) is 54.6 Å². The zero-order chi connectivity index (χ0) is 79.1. The van der Waals surface area contributed by atoms with Crippen molar-refractivity contribution in [3.05, 3.63) is 214 Å². The summed E-state index contributed by atoms with van der Waals surface area (Å²) in [6.45, 7) is 16.6. The molecule has 0 fully saturated rings. The fraction of sp³-hybridized carbons (Fsp3) is 0.111. The number of isocyanates is 7. The summed E-state index contributed by atoms with van der Waals surface area (Å²) in [6.07, 6.45) is 27.8. The molecule has 0 saturated heterocycles. The molecule has 28 nitrogen and oxygen atoms in total. The van der Waals surface area contributed by atoms with E-state index in [2.05, 4.69) is 79.6 Å². The van der Waals surface area contributed by atoms with E-state index in [1.807, 2.05) is 103 Å². The summed E-state index contributed by atoms with van der Waals surface area (Å²) in [7, 11) is 0. The normalized spacial score (nSPS) is 10.3. The van der Waals surface area contributed by atoms with Gasteiger partial charge in [0.1, 0.15) is 17.2 Å². The van der Waals surface area contributed by atoms with Gasteiger partial charge in [-0.2, -0.15) is 34.9 Å². The monoisotopic (exact) mass is 1450 g/mol. The van der Waals surface area contributed by atoms with Crippen molar-refractivity contribution in [1.29, 1.82) is 15.8 Å². The maximum Gasteiger partial charge on any atom is 0.292 e. The molecule has 0 aliphatic carbocycles. The van der Waals surface area contributed by atoms with Gasteiger partial charge in [-0.15, -0.1) is 15.8 Å². The van der Waals surface area contributed by atoms with E-state index < -0.39 is 0 Å². The number of nitrogens with zero attached hydrogens (tertiary/aromatic N) is 18. The highest BCUT2D eigenvalue weighted by atomic mass is 16.5. The lowest BCUT2D eigenvalue weighted by Gasteiger charge is -2.03. The molecule has 0 amide bonds. The summed E-state index contributed by atoms with van der Waals surface area (Å²) >= 11 is 0. The van der Waals surface area contributed by atoms with Crippen LogP contribution in [-0.4, -0.2) is 92.3 Å². The number of nitriles is 3. The summed E-state index contributed by atoms with van der Waals surface area (Å²) < 4.78 is 14.4. The molecule has 109 heavy (non-hydrogen) atoms. The summed E-state index contributed by atoms with van der Waals surface area (Å²) in [4.78, 5) is 131. The smallest absolute Gasteiger partial charge is 0.292 e. The minimum absolute atomic E-state index is 0.402. The molecular weight excluding hydrogens is 1390 g/mol. The molecular formula is C81H62N18O10. The maximum atomic E-state index is 10.5. The van der Waals surface area contributed by atoms with Crippen molar-refractivity contribution < 1.29 is 47.8 Å². The molecule has 0 radical (unpaired) electrons. The van der Waals surface area contributed by atoms with Gasteiger partial charge in [0, 0.05) is 77.5 Å². The zero-order valence-corrected chi connectivity index (χ0v) is 59.8. The Kier molecular flexibility index (Phi) is 35.6. The Labute approximate surface area is 625 Å². The second-order valence-electron chi connectivity index (χ2n) is 21.7. The third kappa shape index (κ3) is 27.6. The topological polar surface area (TPSA) is 404 Å². The number of aliphatic imine (C=N–C) groups is 15. The van der Waals surface area contributed by atoms with Gasteiger partial charge in [0.05, 0.1) is 85.3 Å². The van der Waals surface area contributed by atoms with E-state index in [0.717, 1.165) is 55.9 Å². The van der Waals surface area contributed by atoms with E-state index in [1.54, 1.807) is 192 Å². The van der Waals surface area contributed by atoms with Crippen LogP contribution >= 0.6 is 0 Å². The number of aryl methyl sites for hydroxylation is 4. The van der Waals surface area contributed by atoms with Crippen LogP contribution in [0, 0.1) is 96.9 Å². The SMILES string of the molecule is Cc1c(N=C=O)cccc1N=CC=Nc1cccc(OC#N)c1C.Cc1c(N=C=O)cccc1OC#N.Cc1ccc(N=C=O)cc1N=C=O.Cc1ccc(N=C=O)cc1N=CC=Nc1cc(N=C=O)ccc1C.Cc1ccc(N=CC=Nc2cccc(N=C=O)c2C)cc1N=CC=Nc1cccc(OC#N)c1C. The molecule has 9 aromatic carbocycles. The predicted molar refractivity (Wildman–Crippen MR) is 419 cm³/mol. The lowest BCUT2D eigenvalue weighted by atomic mass is 10.1. The van der Waals surface area contributed by atoms with Gasteiger partial charge in [-0.25, -0.2) is 33.6 Å². The Morgan fingerprint density at radius 1 is 0.239 bits per heavy atom. The number of hydrogen-bond donors (Lipinski definition) is 0. The van der Waals surface area contributed by atoms with Gasteiger partial charge in [0.15, 0.2) is 0 Å². The highest BCUT2D eigenvalue weighted by Crippen LogP contribution is 2.33. The molecule has 0 heterocycles. The Hall–Kier alpha value is -16.1. The van der Waals surface area contributed by atoms with Crippen LogP contribution in [-0.2, 0) is 33.6 Å². The van der Waals surface area contributed by atoms with Crippen LogP contribution in [0.15, 0.2) is 239 Å². The number of hydrogen-bond acceptors (Lipinski definition) is 28. The molecule has 0 aromatic heterocycles. The van der Waals surface area contributed by atoms with E-state index in [4.69, 9.17) is 25.3 Å². The maximum absolute atomic E-state index is 10.5. The number of benzene rings is 9. The second kappa shape index (κ2) is 46.4. The standard InChI is InChI=1S/C27H22N6O2.2C18H14N4O2.2C9H6N2O2/c1-19-10-11-22(29-12-13-30-23-6-4-7-24(20(23)2)33-18-34)16-26(19)32-15-14-31-25-8-5-9-27(21(25)3)35-17-28;1-13-3-5-15(21-11-23)9-17(13)19-7-8-20-18-10-16(22-12-24)6-4-14(18)2;1-13-15(5-3-6-16(13)22-12-23)20-9-10-21-17-7-4-8-18(14(17)2)24-11-19;1-7-2-3-8(10-5-12)4-9(7)11-6-13;1-7-8(11-6-12)3-2-4-9(7)13-5-10/h4-16H,1-3H3;2*3-10H,1-2H3;2*2-4H,1H3. The third-order valence-electron chi connectivity index (χ3n) is 14.7. The van der Waals surface area contributed by atoms with E-state index >= 15 is 0 Å². The van der Waals surface area contributed by atoms with Gasteiger partial charge < -0.3 is 14.2 Å². The molecule has 9 rings (SSSR count). The van der Waals surface area contributed by atoms with Gasteiger partial charge in [-0.3, -0.25) is 39.9 Å².